The first kappa shape index (κ1) is 15.5. The van der Waals surface area contributed by atoms with Crippen molar-refractivity contribution in [3.63, 3.8) is 0 Å². The zero-order valence-electron chi connectivity index (χ0n) is 12.6. The Balaban J connectivity index is 1.90. The van der Waals surface area contributed by atoms with Gasteiger partial charge in [-0.15, -0.1) is 0 Å². The van der Waals surface area contributed by atoms with Crippen molar-refractivity contribution < 1.29 is 14.2 Å². The molecule has 0 spiro atoms. The maximum absolute atomic E-state index is 13.4. The summed E-state index contributed by atoms with van der Waals surface area (Å²) in [7, 11) is 0. The molecule has 0 atom stereocenters. The molecule has 22 heavy (non-hydrogen) atoms. The van der Waals surface area contributed by atoms with Gasteiger partial charge in [-0.2, -0.15) is 0 Å². The van der Waals surface area contributed by atoms with Crippen LogP contribution in [0.2, 0.25) is 0 Å². The first-order valence-corrected chi connectivity index (χ1v) is 8.15. The van der Waals surface area contributed by atoms with Gasteiger partial charge in [0.05, 0.1) is 10.1 Å². The van der Waals surface area contributed by atoms with E-state index in [1.807, 2.05) is 32.0 Å². The Morgan fingerprint density at radius 1 is 1.14 bits per heavy atom. The number of halogens is 2. The molecule has 0 heterocycles. The number of benzene rings is 2. The predicted octanol–water partition coefficient (Wildman–Crippen LogP) is 5.37. The molecule has 0 aromatic heterocycles. The van der Waals surface area contributed by atoms with Gasteiger partial charge >= 0.3 is 0 Å². The van der Waals surface area contributed by atoms with Crippen LogP contribution in [0.4, 0.5) is 4.39 Å². The molecule has 0 bridgehead atoms. The van der Waals surface area contributed by atoms with E-state index in [0.717, 1.165) is 40.4 Å². The molecular weight excluding hydrogens is 347 g/mol. The van der Waals surface area contributed by atoms with Crippen LogP contribution in [0.5, 0.6) is 11.5 Å². The highest BCUT2D eigenvalue weighted by Crippen LogP contribution is 2.43. The maximum Gasteiger partial charge on any atom is 0.141 e. The molecule has 116 valence electrons. The van der Waals surface area contributed by atoms with Crippen LogP contribution in [-0.2, 0) is 5.60 Å². The fourth-order valence-corrected chi connectivity index (χ4v) is 3.30. The summed E-state index contributed by atoms with van der Waals surface area (Å²) in [5.41, 5.74) is 1.73. The predicted molar refractivity (Wildman–Crippen MR) is 87.8 cm³/mol. The van der Waals surface area contributed by atoms with E-state index in [1.54, 1.807) is 0 Å². The summed E-state index contributed by atoms with van der Waals surface area (Å²) in [4.78, 5) is 0. The monoisotopic (exact) mass is 364 g/mol. The minimum atomic E-state index is -0.692. The number of hydrogen-bond acceptors (Lipinski definition) is 2. The van der Waals surface area contributed by atoms with Gasteiger partial charge in [-0.3, -0.25) is 0 Å². The Morgan fingerprint density at radius 2 is 1.77 bits per heavy atom. The highest BCUT2D eigenvalue weighted by atomic mass is 79.9. The number of aryl methyl sites for hydroxylation is 2. The largest absolute Gasteiger partial charge is 0.456 e. The molecule has 0 saturated heterocycles. The van der Waals surface area contributed by atoms with Crippen molar-refractivity contribution in [1.82, 2.24) is 0 Å². The summed E-state index contributed by atoms with van der Waals surface area (Å²) in [6, 6.07) is 8.57. The van der Waals surface area contributed by atoms with E-state index in [0.29, 0.717) is 11.5 Å². The van der Waals surface area contributed by atoms with Gasteiger partial charge in [-0.25, -0.2) is 4.39 Å². The standard InChI is InChI=1S/C18H18BrFO2/c1-11-8-14(20)9-12(2)17(11)22-16-5-4-13(10-15(16)19)18(21)6-3-7-18/h4-5,8-10,21H,3,6-7H2,1-2H3. The molecule has 3 rings (SSSR count). The van der Waals surface area contributed by atoms with Crippen molar-refractivity contribution in [2.75, 3.05) is 0 Å². The van der Waals surface area contributed by atoms with Crippen molar-refractivity contribution in [2.24, 2.45) is 0 Å². The molecule has 2 aromatic rings. The molecule has 0 amide bonds. The average Bonchev–Trinajstić information content (AvgIpc) is 2.41. The normalized spacial score (nSPS) is 16.2. The Kier molecular flexibility index (Phi) is 4.00. The van der Waals surface area contributed by atoms with Gasteiger partial charge in [-0.1, -0.05) is 6.07 Å². The number of ether oxygens (including phenoxy) is 1. The lowest BCUT2D eigenvalue weighted by atomic mass is 9.75. The van der Waals surface area contributed by atoms with Gasteiger partial charge in [0.2, 0.25) is 0 Å². The third-order valence-electron chi connectivity index (χ3n) is 4.29. The van der Waals surface area contributed by atoms with Crippen LogP contribution in [0.1, 0.15) is 36.0 Å². The molecular formula is C18H18BrFO2. The zero-order chi connectivity index (χ0) is 15.9. The van der Waals surface area contributed by atoms with E-state index in [-0.39, 0.29) is 5.82 Å². The summed E-state index contributed by atoms with van der Waals surface area (Å²) < 4.78 is 20.1. The van der Waals surface area contributed by atoms with Gasteiger partial charge in [0.25, 0.3) is 0 Å². The molecule has 4 heteroatoms. The highest BCUT2D eigenvalue weighted by molar-refractivity contribution is 9.10. The van der Waals surface area contributed by atoms with E-state index in [9.17, 15) is 9.50 Å². The van der Waals surface area contributed by atoms with Crippen LogP contribution in [0, 0.1) is 19.7 Å². The molecule has 2 aromatic carbocycles. The van der Waals surface area contributed by atoms with Crippen molar-refractivity contribution in [2.45, 2.75) is 38.7 Å². The first-order valence-electron chi connectivity index (χ1n) is 7.36. The molecule has 0 unspecified atom stereocenters. The molecule has 1 aliphatic rings. The lowest BCUT2D eigenvalue weighted by Crippen LogP contribution is -2.33. The number of rotatable bonds is 3. The van der Waals surface area contributed by atoms with E-state index < -0.39 is 5.60 Å². The van der Waals surface area contributed by atoms with Crippen LogP contribution in [0.15, 0.2) is 34.8 Å². The van der Waals surface area contributed by atoms with E-state index in [4.69, 9.17) is 4.74 Å². The van der Waals surface area contributed by atoms with Gasteiger partial charge in [0.15, 0.2) is 0 Å². The summed E-state index contributed by atoms with van der Waals surface area (Å²) in [6.07, 6.45) is 2.66. The van der Waals surface area contributed by atoms with Crippen LogP contribution in [0.25, 0.3) is 0 Å². The Hall–Kier alpha value is -1.39. The minimum absolute atomic E-state index is 0.260. The Morgan fingerprint density at radius 3 is 2.27 bits per heavy atom. The fourth-order valence-electron chi connectivity index (χ4n) is 2.84. The second-order valence-corrected chi connectivity index (χ2v) is 6.86. The molecule has 1 saturated carbocycles. The van der Waals surface area contributed by atoms with E-state index in [2.05, 4.69) is 15.9 Å². The average molecular weight is 365 g/mol. The summed E-state index contributed by atoms with van der Waals surface area (Å²) in [6.45, 7) is 3.65. The molecule has 1 aliphatic carbocycles. The van der Waals surface area contributed by atoms with Crippen LogP contribution in [-0.4, -0.2) is 5.11 Å². The summed E-state index contributed by atoms with van der Waals surface area (Å²) >= 11 is 3.50. The quantitative estimate of drug-likeness (QED) is 0.793. The SMILES string of the molecule is Cc1cc(F)cc(C)c1Oc1ccc(C2(O)CCC2)cc1Br. The summed E-state index contributed by atoms with van der Waals surface area (Å²) in [5.74, 6) is 1.06. The second kappa shape index (κ2) is 5.67. The Labute approximate surface area is 138 Å². The van der Waals surface area contributed by atoms with Crippen molar-refractivity contribution >= 4 is 15.9 Å². The number of aliphatic hydroxyl groups is 1. The third kappa shape index (κ3) is 2.77. The first-order chi connectivity index (χ1) is 10.4. The molecule has 2 nitrogen and oxygen atoms in total. The summed E-state index contributed by atoms with van der Waals surface area (Å²) in [5, 5.41) is 10.4. The van der Waals surface area contributed by atoms with Crippen molar-refractivity contribution in [1.29, 1.82) is 0 Å². The molecule has 0 radical (unpaired) electrons. The van der Waals surface area contributed by atoms with Crippen molar-refractivity contribution in [3.8, 4) is 11.5 Å². The molecule has 1 N–H and O–H groups in total. The Bertz CT molecular complexity index is 700. The maximum atomic E-state index is 13.4. The van der Waals surface area contributed by atoms with Crippen LogP contribution < -0.4 is 4.74 Å². The van der Waals surface area contributed by atoms with E-state index in [1.165, 1.54) is 12.1 Å². The second-order valence-electron chi connectivity index (χ2n) is 6.00. The van der Waals surface area contributed by atoms with Gasteiger partial charge in [0.1, 0.15) is 17.3 Å². The van der Waals surface area contributed by atoms with Crippen molar-refractivity contribution in [3.05, 3.63) is 57.3 Å². The third-order valence-corrected chi connectivity index (χ3v) is 4.91. The lowest BCUT2D eigenvalue weighted by molar-refractivity contribution is -0.0388. The van der Waals surface area contributed by atoms with Gasteiger partial charge in [-0.05, 0) is 90.0 Å². The smallest absolute Gasteiger partial charge is 0.141 e. The van der Waals surface area contributed by atoms with E-state index >= 15 is 0 Å². The molecule has 0 aliphatic heterocycles. The van der Waals surface area contributed by atoms with Crippen LogP contribution >= 0.6 is 15.9 Å². The zero-order valence-corrected chi connectivity index (χ0v) is 14.2. The number of hydrogen-bond donors (Lipinski definition) is 1. The molecule has 1 fully saturated rings. The van der Waals surface area contributed by atoms with Gasteiger partial charge in [0, 0.05) is 0 Å². The lowest BCUT2D eigenvalue weighted by Gasteiger charge is -2.37. The fraction of sp³-hybridized carbons (Fsp3) is 0.333. The minimum Gasteiger partial charge on any atom is -0.456 e. The topological polar surface area (TPSA) is 29.5 Å². The van der Waals surface area contributed by atoms with Gasteiger partial charge < -0.3 is 9.84 Å². The van der Waals surface area contributed by atoms with Crippen LogP contribution in [0.3, 0.4) is 0 Å². The highest BCUT2D eigenvalue weighted by Gasteiger charge is 2.36.